The molecule has 1 aliphatic rings. The zero-order chi connectivity index (χ0) is 17.8. The van der Waals surface area contributed by atoms with Crippen LogP contribution in [0.4, 0.5) is 5.82 Å². The van der Waals surface area contributed by atoms with Gasteiger partial charge in [-0.2, -0.15) is 10.4 Å². The Morgan fingerprint density at radius 2 is 2.04 bits per heavy atom. The second kappa shape index (κ2) is 7.40. The number of hydrogen-bond donors (Lipinski definition) is 1. The summed E-state index contributed by atoms with van der Waals surface area (Å²) in [5, 5.41) is 16.7. The van der Waals surface area contributed by atoms with Gasteiger partial charge in [0.15, 0.2) is 0 Å². The van der Waals surface area contributed by atoms with Crippen LogP contribution >= 0.6 is 0 Å². The number of nitriles is 1. The van der Waals surface area contributed by atoms with Crippen LogP contribution in [0.1, 0.15) is 41.3 Å². The Labute approximate surface area is 153 Å². The molecule has 3 aromatic rings. The minimum atomic E-state index is 0.400. The zero-order valence-electron chi connectivity index (χ0n) is 14.6. The summed E-state index contributed by atoms with van der Waals surface area (Å²) < 4.78 is 0. The number of aromatic amines is 1. The van der Waals surface area contributed by atoms with Crippen molar-refractivity contribution in [1.82, 2.24) is 15.2 Å². The normalized spacial score (nSPS) is 17.0. The quantitative estimate of drug-likeness (QED) is 0.785. The molecule has 1 saturated heterocycles. The molecule has 1 atom stereocenters. The number of pyridine rings is 1. The largest absolute Gasteiger partial charge is 0.356 e. The first kappa shape index (κ1) is 16.3. The molecule has 2 aromatic heterocycles. The predicted octanol–water partition coefficient (Wildman–Crippen LogP) is 3.65. The summed E-state index contributed by atoms with van der Waals surface area (Å²) in [5.74, 6) is 1.29. The SMILES string of the molecule is N#Cc1cccc(N2CCC[C@@H](c3[nH]ncc3Cc3ccccc3)C2)n1. The highest BCUT2D eigenvalue weighted by molar-refractivity contribution is 5.43. The molecular formula is C21H21N5. The van der Waals surface area contributed by atoms with E-state index >= 15 is 0 Å². The highest BCUT2D eigenvalue weighted by Gasteiger charge is 2.25. The third kappa shape index (κ3) is 3.45. The summed E-state index contributed by atoms with van der Waals surface area (Å²) in [6.07, 6.45) is 5.09. The molecule has 0 aliphatic carbocycles. The number of rotatable bonds is 4. The lowest BCUT2D eigenvalue weighted by Gasteiger charge is -2.33. The first-order chi connectivity index (χ1) is 12.8. The average Bonchev–Trinajstić information content (AvgIpc) is 3.17. The number of H-pyrrole nitrogens is 1. The fourth-order valence-electron chi connectivity index (χ4n) is 3.71. The molecule has 1 aromatic carbocycles. The first-order valence-electron chi connectivity index (χ1n) is 9.01. The maximum absolute atomic E-state index is 9.09. The van der Waals surface area contributed by atoms with Crippen molar-refractivity contribution in [1.29, 1.82) is 5.26 Å². The Bertz CT molecular complexity index is 909. The van der Waals surface area contributed by atoms with Crippen LogP contribution in [0.15, 0.2) is 54.7 Å². The molecule has 26 heavy (non-hydrogen) atoms. The van der Waals surface area contributed by atoms with Crippen molar-refractivity contribution in [2.45, 2.75) is 25.2 Å². The number of hydrogen-bond acceptors (Lipinski definition) is 4. The Balaban J connectivity index is 1.53. The maximum atomic E-state index is 9.09. The monoisotopic (exact) mass is 343 g/mol. The van der Waals surface area contributed by atoms with Gasteiger partial charge in [0.1, 0.15) is 17.6 Å². The van der Waals surface area contributed by atoms with E-state index in [1.54, 1.807) is 6.07 Å². The molecule has 5 nitrogen and oxygen atoms in total. The molecule has 1 fully saturated rings. The molecule has 0 bridgehead atoms. The fraction of sp³-hybridized carbons (Fsp3) is 0.286. The lowest BCUT2D eigenvalue weighted by atomic mass is 9.91. The third-order valence-electron chi connectivity index (χ3n) is 4.99. The van der Waals surface area contributed by atoms with Gasteiger partial charge in [-0.1, -0.05) is 36.4 Å². The van der Waals surface area contributed by atoms with Crippen LogP contribution in [0.2, 0.25) is 0 Å². The minimum absolute atomic E-state index is 0.400. The summed E-state index contributed by atoms with van der Waals surface area (Å²) >= 11 is 0. The van der Waals surface area contributed by atoms with Crippen LogP contribution in [0.25, 0.3) is 0 Å². The fourth-order valence-corrected chi connectivity index (χ4v) is 3.71. The van der Waals surface area contributed by atoms with Gasteiger partial charge < -0.3 is 4.90 Å². The van der Waals surface area contributed by atoms with E-state index < -0.39 is 0 Å². The number of nitrogens with one attached hydrogen (secondary N) is 1. The molecule has 1 N–H and O–H groups in total. The smallest absolute Gasteiger partial charge is 0.142 e. The first-order valence-corrected chi connectivity index (χ1v) is 9.01. The van der Waals surface area contributed by atoms with Gasteiger partial charge in [0, 0.05) is 31.1 Å². The van der Waals surface area contributed by atoms with Gasteiger partial charge in [0.05, 0.1) is 6.20 Å². The molecule has 0 unspecified atom stereocenters. The highest BCUT2D eigenvalue weighted by atomic mass is 15.2. The van der Waals surface area contributed by atoms with Gasteiger partial charge in [0.2, 0.25) is 0 Å². The van der Waals surface area contributed by atoms with Crippen LogP contribution < -0.4 is 4.90 Å². The zero-order valence-corrected chi connectivity index (χ0v) is 14.6. The van der Waals surface area contributed by atoms with E-state index in [4.69, 9.17) is 5.26 Å². The number of aromatic nitrogens is 3. The molecule has 0 radical (unpaired) electrons. The van der Waals surface area contributed by atoms with E-state index in [9.17, 15) is 0 Å². The molecule has 5 heteroatoms. The van der Waals surface area contributed by atoms with Crippen molar-refractivity contribution in [3.8, 4) is 6.07 Å². The van der Waals surface area contributed by atoms with Gasteiger partial charge in [0.25, 0.3) is 0 Å². The van der Waals surface area contributed by atoms with Gasteiger partial charge in [-0.25, -0.2) is 4.98 Å². The van der Waals surface area contributed by atoms with E-state index in [1.165, 1.54) is 16.8 Å². The van der Waals surface area contributed by atoms with Crippen LogP contribution in [0, 0.1) is 11.3 Å². The van der Waals surface area contributed by atoms with Crippen molar-refractivity contribution in [2.75, 3.05) is 18.0 Å². The van der Waals surface area contributed by atoms with E-state index in [2.05, 4.69) is 50.4 Å². The van der Waals surface area contributed by atoms with Crippen molar-refractivity contribution in [2.24, 2.45) is 0 Å². The summed E-state index contributed by atoms with van der Waals surface area (Å²) in [4.78, 5) is 6.74. The number of benzene rings is 1. The molecule has 0 amide bonds. The summed E-state index contributed by atoms with van der Waals surface area (Å²) in [6, 6.07) is 18.3. The molecule has 0 spiro atoms. The van der Waals surface area contributed by atoms with Crippen molar-refractivity contribution in [3.63, 3.8) is 0 Å². The molecule has 3 heterocycles. The Morgan fingerprint density at radius 1 is 1.15 bits per heavy atom. The minimum Gasteiger partial charge on any atom is -0.356 e. The van der Waals surface area contributed by atoms with Gasteiger partial charge in [-0.3, -0.25) is 5.10 Å². The third-order valence-corrected chi connectivity index (χ3v) is 4.99. The number of piperidine rings is 1. The molecule has 4 rings (SSSR count). The topological polar surface area (TPSA) is 68.6 Å². The van der Waals surface area contributed by atoms with Crippen LogP contribution in [0.5, 0.6) is 0 Å². The van der Waals surface area contributed by atoms with Crippen LogP contribution in [-0.2, 0) is 6.42 Å². The van der Waals surface area contributed by atoms with Crippen molar-refractivity contribution < 1.29 is 0 Å². The highest BCUT2D eigenvalue weighted by Crippen LogP contribution is 2.30. The van der Waals surface area contributed by atoms with Crippen molar-refractivity contribution in [3.05, 3.63) is 77.2 Å². The predicted molar refractivity (Wildman–Crippen MR) is 101 cm³/mol. The van der Waals surface area contributed by atoms with Gasteiger partial charge in [-0.15, -0.1) is 0 Å². The van der Waals surface area contributed by atoms with Crippen LogP contribution in [0.3, 0.4) is 0 Å². The van der Waals surface area contributed by atoms with Crippen molar-refractivity contribution >= 4 is 5.82 Å². The van der Waals surface area contributed by atoms with Gasteiger partial charge in [-0.05, 0) is 36.1 Å². The Hall–Kier alpha value is -3.13. The standard InChI is InChI=1S/C21H21N5/c22-13-19-9-4-10-20(24-19)26-11-5-8-17(15-26)21-18(14-23-25-21)12-16-6-2-1-3-7-16/h1-4,6-7,9-10,14,17H,5,8,11-12,15H2,(H,23,25)/t17-/m1/s1. The lowest BCUT2D eigenvalue weighted by molar-refractivity contribution is 0.496. The van der Waals surface area contributed by atoms with Crippen LogP contribution in [-0.4, -0.2) is 28.3 Å². The number of anilines is 1. The Kier molecular flexibility index (Phi) is 4.65. The van der Waals surface area contributed by atoms with E-state index in [0.29, 0.717) is 11.6 Å². The molecule has 130 valence electrons. The summed E-state index contributed by atoms with van der Waals surface area (Å²) in [5.41, 5.74) is 4.26. The molecular weight excluding hydrogens is 322 g/mol. The van der Waals surface area contributed by atoms with E-state index in [-0.39, 0.29) is 0 Å². The van der Waals surface area contributed by atoms with E-state index in [0.717, 1.165) is 38.2 Å². The summed E-state index contributed by atoms with van der Waals surface area (Å²) in [7, 11) is 0. The number of nitrogens with zero attached hydrogens (tertiary/aromatic N) is 4. The van der Waals surface area contributed by atoms with E-state index in [1.807, 2.05) is 24.4 Å². The van der Waals surface area contributed by atoms with Gasteiger partial charge >= 0.3 is 0 Å². The second-order valence-corrected chi connectivity index (χ2v) is 6.75. The molecule has 0 saturated carbocycles. The maximum Gasteiger partial charge on any atom is 0.142 e. The average molecular weight is 343 g/mol. The lowest BCUT2D eigenvalue weighted by Crippen LogP contribution is -2.35. The summed E-state index contributed by atoms with van der Waals surface area (Å²) in [6.45, 7) is 1.87. The second-order valence-electron chi connectivity index (χ2n) is 6.75. The molecule has 1 aliphatic heterocycles. The Morgan fingerprint density at radius 3 is 2.88 bits per heavy atom.